The number of anilines is 1. The van der Waals surface area contributed by atoms with Crippen molar-refractivity contribution < 1.29 is 9.59 Å². The molecule has 164 valence electrons. The quantitative estimate of drug-likeness (QED) is 0.432. The van der Waals surface area contributed by atoms with Crippen molar-refractivity contribution in [2.45, 2.75) is 19.3 Å². The summed E-state index contributed by atoms with van der Waals surface area (Å²) in [5, 5.41) is 20.0. The van der Waals surface area contributed by atoms with E-state index in [0.717, 1.165) is 5.69 Å². The van der Waals surface area contributed by atoms with Gasteiger partial charge in [-0.25, -0.2) is 4.68 Å². The van der Waals surface area contributed by atoms with Crippen LogP contribution in [0.5, 0.6) is 0 Å². The number of nitrogens with two attached hydrogens (primary N) is 1. The van der Waals surface area contributed by atoms with Crippen LogP contribution in [0, 0.1) is 11.3 Å². The van der Waals surface area contributed by atoms with Crippen molar-refractivity contribution in [2.24, 2.45) is 0 Å². The standard InChI is InChI=1S/C23H23ClN6O2/c24-17-10-8-16(9-11-17)23(32)28-14-12-21(31)27-13-4-7-20-19(15-25)22(26)30(29-20)18-5-2-1-3-6-18/h1-3,5-6,8-11H,4,7,12-14,26H2,(H,27,31)(H,28,32). The Morgan fingerprint density at radius 2 is 1.78 bits per heavy atom. The van der Waals surface area contributed by atoms with E-state index < -0.39 is 0 Å². The summed E-state index contributed by atoms with van der Waals surface area (Å²) in [5.41, 5.74) is 8.31. The van der Waals surface area contributed by atoms with Gasteiger partial charge in [0.15, 0.2) is 0 Å². The van der Waals surface area contributed by atoms with Gasteiger partial charge in [-0.05, 0) is 49.2 Å². The summed E-state index contributed by atoms with van der Waals surface area (Å²) >= 11 is 5.80. The first-order chi connectivity index (χ1) is 15.5. The summed E-state index contributed by atoms with van der Waals surface area (Å²) in [6.07, 6.45) is 1.27. The number of hydrogen-bond donors (Lipinski definition) is 3. The number of hydrogen-bond acceptors (Lipinski definition) is 5. The lowest BCUT2D eigenvalue weighted by atomic mass is 10.1. The number of aryl methyl sites for hydroxylation is 1. The molecule has 0 unspecified atom stereocenters. The minimum absolute atomic E-state index is 0.165. The molecule has 0 aliphatic rings. The van der Waals surface area contributed by atoms with Gasteiger partial charge in [-0.1, -0.05) is 29.8 Å². The fraction of sp³-hybridized carbons (Fsp3) is 0.217. The minimum atomic E-state index is -0.259. The highest BCUT2D eigenvalue weighted by Crippen LogP contribution is 2.21. The van der Waals surface area contributed by atoms with Gasteiger partial charge in [0.05, 0.1) is 11.4 Å². The van der Waals surface area contributed by atoms with E-state index in [2.05, 4.69) is 21.8 Å². The Kier molecular flexibility index (Phi) is 7.84. The fourth-order valence-electron chi connectivity index (χ4n) is 3.11. The summed E-state index contributed by atoms with van der Waals surface area (Å²) in [4.78, 5) is 24.0. The molecule has 4 N–H and O–H groups in total. The molecule has 0 radical (unpaired) electrons. The van der Waals surface area contributed by atoms with E-state index in [4.69, 9.17) is 17.3 Å². The smallest absolute Gasteiger partial charge is 0.251 e. The molecule has 32 heavy (non-hydrogen) atoms. The molecule has 1 heterocycles. The van der Waals surface area contributed by atoms with E-state index in [1.54, 1.807) is 28.9 Å². The third kappa shape index (κ3) is 5.86. The summed E-state index contributed by atoms with van der Waals surface area (Å²) in [5.74, 6) is -0.129. The molecule has 3 aromatic rings. The van der Waals surface area contributed by atoms with Gasteiger partial charge < -0.3 is 16.4 Å². The summed E-state index contributed by atoms with van der Waals surface area (Å²) in [6, 6.07) is 18.0. The van der Waals surface area contributed by atoms with E-state index in [0.29, 0.717) is 47.0 Å². The number of benzene rings is 2. The van der Waals surface area contributed by atoms with E-state index in [-0.39, 0.29) is 24.8 Å². The monoisotopic (exact) mass is 450 g/mol. The topological polar surface area (TPSA) is 126 Å². The predicted octanol–water partition coefficient (Wildman–Crippen LogP) is 2.85. The van der Waals surface area contributed by atoms with Crippen molar-refractivity contribution in [1.29, 1.82) is 5.26 Å². The molecule has 0 saturated carbocycles. The molecule has 0 aliphatic carbocycles. The molecule has 0 saturated heterocycles. The van der Waals surface area contributed by atoms with Crippen LogP contribution in [-0.2, 0) is 11.2 Å². The lowest BCUT2D eigenvalue weighted by Gasteiger charge is -2.07. The molecular formula is C23H23ClN6O2. The van der Waals surface area contributed by atoms with Gasteiger partial charge in [-0.3, -0.25) is 9.59 Å². The molecule has 9 heteroatoms. The average molecular weight is 451 g/mol. The average Bonchev–Trinajstić information content (AvgIpc) is 3.12. The molecule has 0 aliphatic heterocycles. The molecule has 2 amide bonds. The number of nitrogens with one attached hydrogen (secondary N) is 2. The number of nitrogens with zero attached hydrogens (tertiary/aromatic N) is 3. The highest BCUT2D eigenvalue weighted by Gasteiger charge is 2.16. The Morgan fingerprint density at radius 3 is 2.47 bits per heavy atom. The Morgan fingerprint density at radius 1 is 1.06 bits per heavy atom. The Labute approximate surface area is 191 Å². The molecule has 0 atom stereocenters. The molecule has 0 fully saturated rings. The first-order valence-electron chi connectivity index (χ1n) is 10.1. The van der Waals surface area contributed by atoms with Crippen LogP contribution >= 0.6 is 11.6 Å². The first kappa shape index (κ1) is 22.8. The summed E-state index contributed by atoms with van der Waals surface area (Å²) in [6.45, 7) is 0.650. The molecule has 8 nitrogen and oxygen atoms in total. The maximum atomic E-state index is 12.0. The number of nitrogen functional groups attached to an aromatic ring is 1. The normalized spacial score (nSPS) is 10.4. The lowest BCUT2D eigenvalue weighted by molar-refractivity contribution is -0.120. The van der Waals surface area contributed by atoms with Gasteiger partial charge in [0.1, 0.15) is 17.5 Å². The zero-order chi connectivity index (χ0) is 22.9. The van der Waals surface area contributed by atoms with E-state index >= 15 is 0 Å². The van der Waals surface area contributed by atoms with Crippen LogP contribution in [0.3, 0.4) is 0 Å². The Bertz CT molecular complexity index is 1120. The third-order valence-corrected chi connectivity index (χ3v) is 5.01. The molecule has 3 rings (SSSR count). The Hall–Kier alpha value is -3.83. The van der Waals surface area contributed by atoms with Crippen molar-refractivity contribution >= 4 is 29.2 Å². The molecule has 1 aromatic heterocycles. The van der Waals surface area contributed by atoms with Crippen LogP contribution in [-0.4, -0.2) is 34.7 Å². The second-order valence-electron chi connectivity index (χ2n) is 7.03. The molecule has 2 aromatic carbocycles. The SMILES string of the molecule is N#Cc1c(CCCNC(=O)CCNC(=O)c2ccc(Cl)cc2)nn(-c2ccccc2)c1N. The summed E-state index contributed by atoms with van der Waals surface area (Å²) in [7, 11) is 0. The van der Waals surface area contributed by atoms with Gasteiger partial charge in [-0.15, -0.1) is 0 Å². The number of aromatic nitrogens is 2. The second kappa shape index (κ2) is 11.0. The van der Waals surface area contributed by atoms with Gasteiger partial charge >= 0.3 is 0 Å². The van der Waals surface area contributed by atoms with E-state index in [1.165, 1.54) is 0 Å². The largest absolute Gasteiger partial charge is 0.382 e. The zero-order valence-corrected chi connectivity index (χ0v) is 18.1. The van der Waals surface area contributed by atoms with Gasteiger partial charge in [-0.2, -0.15) is 10.4 Å². The van der Waals surface area contributed by atoms with Crippen molar-refractivity contribution in [1.82, 2.24) is 20.4 Å². The van der Waals surface area contributed by atoms with Crippen molar-refractivity contribution in [2.75, 3.05) is 18.8 Å². The molecule has 0 bridgehead atoms. The van der Waals surface area contributed by atoms with Gasteiger partial charge in [0.25, 0.3) is 5.91 Å². The third-order valence-electron chi connectivity index (χ3n) is 4.76. The maximum absolute atomic E-state index is 12.0. The Balaban J connectivity index is 1.42. The highest BCUT2D eigenvalue weighted by molar-refractivity contribution is 6.30. The predicted molar refractivity (Wildman–Crippen MR) is 122 cm³/mol. The number of nitriles is 1. The van der Waals surface area contributed by atoms with Crippen LogP contribution in [0.2, 0.25) is 5.02 Å². The highest BCUT2D eigenvalue weighted by atomic mass is 35.5. The van der Waals surface area contributed by atoms with Gasteiger partial charge in [0.2, 0.25) is 5.91 Å². The van der Waals surface area contributed by atoms with Crippen LogP contribution < -0.4 is 16.4 Å². The zero-order valence-electron chi connectivity index (χ0n) is 17.3. The minimum Gasteiger partial charge on any atom is -0.382 e. The number of carbonyl (C=O) groups is 2. The van der Waals surface area contributed by atoms with E-state index in [1.807, 2.05) is 30.3 Å². The van der Waals surface area contributed by atoms with Crippen LogP contribution in [0.1, 0.15) is 34.5 Å². The van der Waals surface area contributed by atoms with Crippen LogP contribution in [0.4, 0.5) is 5.82 Å². The van der Waals surface area contributed by atoms with Crippen molar-refractivity contribution in [3.05, 3.63) is 76.4 Å². The van der Waals surface area contributed by atoms with Gasteiger partial charge in [0, 0.05) is 30.1 Å². The number of amides is 2. The number of para-hydroxylation sites is 1. The van der Waals surface area contributed by atoms with Crippen LogP contribution in [0.15, 0.2) is 54.6 Å². The lowest BCUT2D eigenvalue weighted by Crippen LogP contribution is -2.31. The van der Waals surface area contributed by atoms with Crippen molar-refractivity contribution in [3.63, 3.8) is 0 Å². The second-order valence-corrected chi connectivity index (χ2v) is 7.47. The number of rotatable bonds is 9. The fourth-order valence-corrected chi connectivity index (χ4v) is 3.23. The molecule has 0 spiro atoms. The van der Waals surface area contributed by atoms with Crippen LogP contribution in [0.25, 0.3) is 5.69 Å². The van der Waals surface area contributed by atoms with E-state index in [9.17, 15) is 14.9 Å². The number of carbonyl (C=O) groups excluding carboxylic acids is 2. The maximum Gasteiger partial charge on any atom is 0.251 e. The van der Waals surface area contributed by atoms with Crippen molar-refractivity contribution in [3.8, 4) is 11.8 Å². The first-order valence-corrected chi connectivity index (χ1v) is 10.5. The number of halogens is 1. The summed E-state index contributed by atoms with van der Waals surface area (Å²) < 4.78 is 1.55. The molecular weight excluding hydrogens is 428 g/mol.